The minimum Gasteiger partial charge on any atom is -0.399 e. The van der Waals surface area contributed by atoms with Gasteiger partial charge in [0.15, 0.2) is 9.84 Å². The number of hydrogen-bond donors (Lipinski definition) is 1. The topological polar surface area (TPSA) is 60.2 Å². The molecule has 0 aromatic heterocycles. The van der Waals surface area contributed by atoms with Crippen molar-refractivity contribution in [1.29, 1.82) is 0 Å². The van der Waals surface area contributed by atoms with Gasteiger partial charge >= 0.3 is 6.18 Å². The zero-order chi connectivity index (χ0) is 13.1. The molecule has 17 heavy (non-hydrogen) atoms. The van der Waals surface area contributed by atoms with Crippen LogP contribution in [0.15, 0.2) is 41.3 Å². The largest absolute Gasteiger partial charge is 0.409 e. The van der Waals surface area contributed by atoms with Crippen LogP contribution in [-0.4, -0.2) is 20.3 Å². The summed E-state index contributed by atoms with van der Waals surface area (Å²) < 4.78 is 58.5. The van der Waals surface area contributed by atoms with E-state index < -0.39 is 21.8 Å². The van der Waals surface area contributed by atoms with Gasteiger partial charge in [-0.15, -0.1) is 0 Å². The highest BCUT2D eigenvalue weighted by Gasteiger charge is 2.22. The highest BCUT2D eigenvalue weighted by Crippen LogP contribution is 2.17. The second kappa shape index (κ2) is 4.79. The maximum Gasteiger partial charge on any atom is 0.409 e. The first-order chi connectivity index (χ1) is 7.71. The fraction of sp³-hybridized carbons (Fsp3) is 0.200. The number of nitrogen functional groups attached to an aromatic ring is 1. The molecule has 0 saturated carbocycles. The Bertz CT molecular complexity index is 503. The molecule has 0 aliphatic heterocycles. The Morgan fingerprint density at radius 2 is 1.71 bits per heavy atom. The van der Waals surface area contributed by atoms with Gasteiger partial charge in [-0.25, -0.2) is 8.42 Å². The van der Waals surface area contributed by atoms with E-state index in [1.165, 1.54) is 24.3 Å². The third-order valence-corrected chi connectivity index (χ3v) is 3.48. The molecule has 0 atom stereocenters. The zero-order valence-corrected chi connectivity index (χ0v) is 9.42. The monoisotopic (exact) mass is 265 g/mol. The van der Waals surface area contributed by atoms with E-state index in [4.69, 9.17) is 5.73 Å². The molecule has 0 unspecified atom stereocenters. The van der Waals surface area contributed by atoms with Crippen molar-refractivity contribution in [2.45, 2.75) is 11.1 Å². The molecule has 3 nitrogen and oxygen atoms in total. The lowest BCUT2D eigenvalue weighted by Crippen LogP contribution is -2.07. The molecule has 0 saturated heterocycles. The highest BCUT2D eigenvalue weighted by molar-refractivity contribution is 7.91. The van der Waals surface area contributed by atoms with Crippen LogP contribution in [0.5, 0.6) is 0 Å². The van der Waals surface area contributed by atoms with Crippen molar-refractivity contribution < 1.29 is 21.6 Å². The van der Waals surface area contributed by atoms with Gasteiger partial charge in [-0.3, -0.25) is 0 Å². The van der Waals surface area contributed by atoms with E-state index in [1.807, 2.05) is 0 Å². The number of sulfone groups is 1. The van der Waals surface area contributed by atoms with Gasteiger partial charge in [0.05, 0.1) is 10.6 Å². The van der Waals surface area contributed by atoms with E-state index in [2.05, 4.69) is 0 Å². The Morgan fingerprint density at radius 3 is 2.18 bits per heavy atom. The molecule has 0 heterocycles. The number of alkyl halides is 3. The van der Waals surface area contributed by atoms with Gasteiger partial charge in [0.2, 0.25) is 0 Å². The van der Waals surface area contributed by atoms with E-state index in [1.54, 1.807) is 0 Å². The van der Waals surface area contributed by atoms with Crippen molar-refractivity contribution in [3.05, 3.63) is 36.4 Å². The maximum absolute atomic E-state index is 11.8. The van der Waals surface area contributed by atoms with Crippen LogP contribution in [0.3, 0.4) is 0 Å². The number of anilines is 1. The SMILES string of the molecule is Nc1ccc(S(=O)(=O)CC=CC(F)(F)F)cc1. The molecule has 0 fully saturated rings. The molecule has 0 amide bonds. The van der Waals surface area contributed by atoms with Gasteiger partial charge in [0, 0.05) is 11.8 Å². The summed E-state index contributed by atoms with van der Waals surface area (Å²) in [4.78, 5) is -0.0569. The van der Waals surface area contributed by atoms with Crippen LogP contribution in [0.4, 0.5) is 18.9 Å². The third-order valence-electron chi connectivity index (χ3n) is 1.86. The van der Waals surface area contributed by atoms with E-state index in [0.717, 1.165) is 0 Å². The van der Waals surface area contributed by atoms with Crippen LogP contribution in [0, 0.1) is 0 Å². The molecule has 0 aliphatic rings. The predicted molar refractivity (Wildman–Crippen MR) is 58.1 cm³/mol. The van der Waals surface area contributed by atoms with Crippen LogP contribution in [-0.2, 0) is 9.84 Å². The Hall–Kier alpha value is -1.50. The summed E-state index contributed by atoms with van der Waals surface area (Å²) in [5.74, 6) is -0.698. The number of rotatable bonds is 3. The summed E-state index contributed by atoms with van der Waals surface area (Å²) in [5.41, 5.74) is 5.75. The van der Waals surface area contributed by atoms with Crippen LogP contribution in [0.25, 0.3) is 0 Å². The van der Waals surface area contributed by atoms with Gasteiger partial charge in [0.25, 0.3) is 0 Å². The van der Waals surface area contributed by atoms with Crippen molar-refractivity contribution >= 4 is 15.5 Å². The average Bonchev–Trinajstić information content (AvgIpc) is 2.15. The molecule has 1 rings (SSSR count). The summed E-state index contributed by atoms with van der Waals surface area (Å²) in [6, 6.07) is 5.26. The molecule has 1 aromatic rings. The van der Waals surface area contributed by atoms with Gasteiger partial charge < -0.3 is 5.73 Å². The Balaban J connectivity index is 2.83. The van der Waals surface area contributed by atoms with Gasteiger partial charge in [-0.2, -0.15) is 13.2 Å². The predicted octanol–water partition coefficient (Wildman–Crippen LogP) is 2.16. The first kappa shape index (κ1) is 13.6. The maximum atomic E-state index is 11.8. The van der Waals surface area contributed by atoms with Crippen molar-refractivity contribution in [3.63, 3.8) is 0 Å². The summed E-state index contributed by atoms with van der Waals surface area (Å²) >= 11 is 0. The molecule has 0 bridgehead atoms. The average molecular weight is 265 g/mol. The fourth-order valence-electron chi connectivity index (χ4n) is 1.08. The molecule has 1 aromatic carbocycles. The summed E-state index contributed by atoms with van der Waals surface area (Å²) in [7, 11) is -3.74. The minimum atomic E-state index is -4.50. The number of nitrogens with two attached hydrogens (primary N) is 1. The smallest absolute Gasteiger partial charge is 0.399 e. The summed E-state index contributed by atoms with van der Waals surface area (Å²) in [6.45, 7) is 0. The lowest BCUT2D eigenvalue weighted by molar-refractivity contribution is -0.0799. The first-order valence-electron chi connectivity index (χ1n) is 4.53. The Labute approximate surface area is 96.7 Å². The van der Waals surface area contributed by atoms with Gasteiger partial charge in [0.1, 0.15) is 0 Å². The van der Waals surface area contributed by atoms with Crippen LogP contribution >= 0.6 is 0 Å². The van der Waals surface area contributed by atoms with Gasteiger partial charge in [-0.05, 0) is 24.3 Å². The van der Waals surface area contributed by atoms with Crippen molar-refractivity contribution in [1.82, 2.24) is 0 Å². The Kier molecular flexibility index (Phi) is 3.82. The van der Waals surface area contributed by atoms with E-state index >= 15 is 0 Å². The first-order valence-corrected chi connectivity index (χ1v) is 6.19. The van der Waals surface area contributed by atoms with Crippen molar-refractivity contribution in [3.8, 4) is 0 Å². The quantitative estimate of drug-likeness (QED) is 0.673. The summed E-state index contributed by atoms with van der Waals surface area (Å²) in [5, 5.41) is 0. The van der Waals surface area contributed by atoms with Crippen molar-refractivity contribution in [2.24, 2.45) is 0 Å². The van der Waals surface area contributed by atoms with Crippen LogP contribution in [0.2, 0.25) is 0 Å². The number of hydrogen-bond acceptors (Lipinski definition) is 3. The highest BCUT2D eigenvalue weighted by atomic mass is 32.2. The molecule has 94 valence electrons. The zero-order valence-electron chi connectivity index (χ0n) is 8.61. The molecule has 0 spiro atoms. The normalized spacial score (nSPS) is 13.1. The number of allylic oxidation sites excluding steroid dienone is 1. The Morgan fingerprint density at radius 1 is 1.18 bits per heavy atom. The van der Waals surface area contributed by atoms with Crippen LogP contribution in [0.1, 0.15) is 0 Å². The fourth-order valence-corrected chi connectivity index (χ4v) is 2.17. The standard InChI is InChI=1S/C10H10F3NO2S/c11-10(12,13)6-1-7-17(15,16)9-4-2-8(14)3-5-9/h1-6H,7,14H2. The number of benzene rings is 1. The molecule has 2 N–H and O–H groups in total. The lowest BCUT2D eigenvalue weighted by atomic mass is 10.3. The minimum absolute atomic E-state index is 0.0569. The van der Waals surface area contributed by atoms with E-state index in [0.29, 0.717) is 11.8 Å². The van der Waals surface area contributed by atoms with E-state index in [9.17, 15) is 21.6 Å². The van der Waals surface area contributed by atoms with Crippen LogP contribution < -0.4 is 5.73 Å². The summed E-state index contributed by atoms with van der Waals surface area (Å²) in [6.07, 6.45) is -4.02. The second-order valence-electron chi connectivity index (χ2n) is 3.29. The number of halogens is 3. The molecular formula is C10H10F3NO2S. The molecular weight excluding hydrogens is 255 g/mol. The lowest BCUT2D eigenvalue weighted by Gasteiger charge is -2.02. The van der Waals surface area contributed by atoms with Crippen molar-refractivity contribution in [2.75, 3.05) is 11.5 Å². The van der Waals surface area contributed by atoms with E-state index in [-0.39, 0.29) is 11.0 Å². The molecule has 7 heteroatoms. The molecule has 0 aliphatic carbocycles. The second-order valence-corrected chi connectivity index (χ2v) is 5.33. The van der Waals surface area contributed by atoms with Gasteiger partial charge in [-0.1, -0.05) is 6.08 Å². The molecule has 0 radical (unpaired) electrons. The third kappa shape index (κ3) is 4.48.